The number of rotatable bonds is 6. The fourth-order valence-corrected chi connectivity index (χ4v) is 2.48. The van der Waals surface area contributed by atoms with Crippen LogP contribution in [0, 0.1) is 11.9 Å². The van der Waals surface area contributed by atoms with Crippen LogP contribution in [-0.2, 0) is 37.4 Å². The van der Waals surface area contributed by atoms with E-state index in [0.717, 1.165) is 10.2 Å². The van der Waals surface area contributed by atoms with Gasteiger partial charge in [-0.25, -0.2) is 4.39 Å². The van der Waals surface area contributed by atoms with Gasteiger partial charge in [0, 0.05) is 52.4 Å². The molecule has 0 N–H and O–H groups in total. The first-order valence-corrected chi connectivity index (χ1v) is 7.75. The fourth-order valence-electron chi connectivity index (χ4n) is 2.15. The van der Waals surface area contributed by atoms with Crippen LogP contribution in [0.4, 0.5) is 4.39 Å². The zero-order valence-corrected chi connectivity index (χ0v) is 17.7. The summed E-state index contributed by atoms with van der Waals surface area (Å²) in [5.41, 5.74) is 1.92. The molecule has 0 spiro atoms. The zero-order valence-electron chi connectivity index (χ0n) is 13.2. The van der Waals surface area contributed by atoms with Crippen molar-refractivity contribution in [1.29, 1.82) is 0 Å². The Morgan fingerprint density at radius 2 is 2.09 bits per heavy atom. The summed E-state index contributed by atoms with van der Waals surface area (Å²) in [5, 5.41) is 0. The Bertz CT molecular complexity index is 631. The number of nitrogens with zero attached hydrogens (tertiary/aromatic N) is 1. The van der Waals surface area contributed by atoms with Crippen LogP contribution in [0.25, 0.3) is 5.70 Å². The molecular weight excluding hydrogens is 438 g/mol. The molecule has 1 aliphatic heterocycles. The number of benzene rings is 1. The molecule has 0 fully saturated rings. The third kappa shape index (κ3) is 4.99. The topological polar surface area (TPSA) is 21.7 Å². The Hall–Kier alpha value is -0.486. The monoisotopic (exact) mass is 455 g/mol. The smallest absolute Gasteiger partial charge is 0.120 e. The van der Waals surface area contributed by atoms with Gasteiger partial charge in [-0.15, -0.1) is 22.0 Å². The Labute approximate surface area is 170 Å². The van der Waals surface area contributed by atoms with Crippen molar-refractivity contribution in [2.24, 2.45) is 0 Å². The van der Waals surface area contributed by atoms with Crippen LogP contribution >= 0.6 is 15.9 Å². The molecule has 0 saturated heterocycles. The molecule has 23 heavy (non-hydrogen) atoms. The molecule has 0 aliphatic carbocycles. The van der Waals surface area contributed by atoms with Gasteiger partial charge in [0.25, 0.3) is 0 Å². The molecule has 0 bridgehead atoms. The first kappa shape index (κ1) is 20.6. The molecule has 0 aromatic heterocycles. The van der Waals surface area contributed by atoms with Crippen LogP contribution in [0.2, 0.25) is 0 Å². The second kappa shape index (κ2) is 9.72. The summed E-state index contributed by atoms with van der Waals surface area (Å²) in [6.07, 6.45) is 4.86. The van der Waals surface area contributed by atoms with E-state index in [1.165, 1.54) is 6.07 Å². The van der Waals surface area contributed by atoms with Gasteiger partial charge in [-0.3, -0.25) is 0 Å². The van der Waals surface area contributed by atoms with E-state index in [1.54, 1.807) is 25.3 Å². The van der Waals surface area contributed by atoms with Gasteiger partial charge < -0.3 is 14.4 Å². The van der Waals surface area contributed by atoms with Crippen molar-refractivity contribution in [2.45, 2.75) is 6.92 Å². The van der Waals surface area contributed by atoms with Crippen molar-refractivity contribution in [3.8, 4) is 5.75 Å². The van der Waals surface area contributed by atoms with Crippen LogP contribution in [0.3, 0.4) is 0 Å². The Morgan fingerprint density at radius 1 is 1.35 bits per heavy atom. The van der Waals surface area contributed by atoms with Crippen molar-refractivity contribution >= 4 is 21.6 Å². The molecule has 0 atom stereocenters. The predicted molar refractivity (Wildman–Crippen MR) is 89.0 cm³/mol. The normalized spacial score (nSPS) is 14.1. The summed E-state index contributed by atoms with van der Waals surface area (Å²) < 4.78 is 25.6. The van der Waals surface area contributed by atoms with Crippen molar-refractivity contribution in [2.75, 3.05) is 26.9 Å². The first-order chi connectivity index (χ1) is 10.6. The van der Waals surface area contributed by atoms with Gasteiger partial charge in [0.05, 0.1) is 12.4 Å². The van der Waals surface area contributed by atoms with Gasteiger partial charge in [0.15, 0.2) is 0 Å². The van der Waals surface area contributed by atoms with Gasteiger partial charge in [0.1, 0.15) is 12.4 Å². The minimum atomic E-state index is -0.352. The van der Waals surface area contributed by atoms with E-state index in [9.17, 15) is 4.39 Å². The minimum Gasteiger partial charge on any atom is -0.491 e. The average Bonchev–Trinajstić information content (AvgIpc) is 2.51. The summed E-state index contributed by atoms with van der Waals surface area (Å²) in [4.78, 5) is 1.91. The minimum absolute atomic E-state index is 0. The predicted octanol–water partition coefficient (Wildman–Crippen LogP) is 4.12. The van der Waals surface area contributed by atoms with E-state index in [0.29, 0.717) is 36.8 Å². The van der Waals surface area contributed by atoms with Crippen molar-refractivity contribution in [3.63, 3.8) is 0 Å². The van der Waals surface area contributed by atoms with E-state index < -0.39 is 0 Å². The Morgan fingerprint density at radius 3 is 2.70 bits per heavy atom. The maximum absolute atomic E-state index is 14.4. The van der Waals surface area contributed by atoms with E-state index in [4.69, 9.17) is 9.47 Å². The van der Waals surface area contributed by atoms with Crippen LogP contribution in [0.15, 0.2) is 41.0 Å². The summed E-state index contributed by atoms with van der Waals surface area (Å²) in [6, 6.07) is 4.82. The molecule has 0 unspecified atom stereocenters. The van der Waals surface area contributed by atoms with Crippen molar-refractivity contribution in [3.05, 3.63) is 58.5 Å². The van der Waals surface area contributed by atoms with Crippen molar-refractivity contribution < 1.29 is 46.6 Å². The first-order valence-electron chi connectivity index (χ1n) is 6.96. The van der Waals surface area contributed by atoms with Gasteiger partial charge in [-0.1, -0.05) is 22.3 Å². The van der Waals surface area contributed by atoms with Crippen LogP contribution in [0.1, 0.15) is 12.5 Å². The number of hydrogen-bond acceptors (Lipinski definition) is 3. The van der Waals surface area contributed by atoms with Crippen molar-refractivity contribution in [1.82, 2.24) is 4.90 Å². The van der Waals surface area contributed by atoms with Gasteiger partial charge in [-0.05, 0) is 18.7 Å². The fraction of sp³-hybridized carbons (Fsp3) is 0.294. The van der Waals surface area contributed by atoms with E-state index >= 15 is 0 Å². The SMILES string of the molecule is C=C1C(Br)=C[C-]=C(c2ccc(OCCOC)cc2F)N1CC.[Y]. The van der Waals surface area contributed by atoms with Gasteiger partial charge >= 0.3 is 0 Å². The van der Waals surface area contributed by atoms with Crippen LogP contribution in [-0.4, -0.2) is 31.8 Å². The molecule has 1 heterocycles. The number of allylic oxidation sites excluding steroid dienone is 3. The molecule has 2 rings (SSSR count). The second-order valence-electron chi connectivity index (χ2n) is 4.66. The van der Waals surface area contributed by atoms with Crippen LogP contribution in [0.5, 0.6) is 5.75 Å². The third-order valence-electron chi connectivity index (χ3n) is 3.28. The molecule has 121 valence electrons. The van der Waals surface area contributed by atoms with Gasteiger partial charge in [0.2, 0.25) is 0 Å². The largest absolute Gasteiger partial charge is 0.491 e. The number of halogens is 2. The number of hydrogen-bond donors (Lipinski definition) is 0. The maximum atomic E-state index is 14.4. The molecule has 0 saturated carbocycles. The zero-order chi connectivity index (χ0) is 16.1. The van der Waals surface area contributed by atoms with E-state index in [2.05, 4.69) is 28.6 Å². The molecule has 1 radical (unpaired) electrons. The molecule has 1 aliphatic rings. The molecular formula is C17H18BrFNO2Y-. The molecule has 6 heteroatoms. The van der Waals surface area contributed by atoms with Gasteiger partial charge in [-0.2, -0.15) is 12.2 Å². The second-order valence-corrected chi connectivity index (χ2v) is 5.51. The number of ether oxygens (including phenoxy) is 2. The summed E-state index contributed by atoms with van der Waals surface area (Å²) in [5.74, 6) is 0.128. The maximum Gasteiger partial charge on any atom is 0.120 e. The molecule has 1 aromatic carbocycles. The molecule has 0 amide bonds. The van der Waals surface area contributed by atoms with E-state index in [1.807, 2.05) is 11.8 Å². The Balaban J connectivity index is 0.00000264. The number of likely N-dealkylation sites (N-methyl/N-ethyl adjacent to an activating group) is 1. The van der Waals surface area contributed by atoms with E-state index in [-0.39, 0.29) is 38.5 Å². The summed E-state index contributed by atoms with van der Waals surface area (Å²) in [7, 11) is 1.59. The molecule has 1 aromatic rings. The Kier molecular flexibility index (Phi) is 8.69. The third-order valence-corrected chi connectivity index (χ3v) is 3.96. The average molecular weight is 456 g/mol. The number of methoxy groups -OCH3 is 1. The quantitative estimate of drug-likeness (QED) is 0.475. The standard InChI is InChI=1S/C17H18BrFNO2.Y/c1-4-20-12(2)15(18)7-8-17(20)14-6-5-13(11-16(14)19)22-10-9-21-3;/h5-7,11H,2,4,9-10H2,1,3H3;/q-1;. The summed E-state index contributed by atoms with van der Waals surface area (Å²) in [6.45, 7) is 7.52. The molecule has 3 nitrogen and oxygen atoms in total. The summed E-state index contributed by atoms with van der Waals surface area (Å²) >= 11 is 3.42. The van der Waals surface area contributed by atoms with Crippen LogP contribution < -0.4 is 4.74 Å².